The molecule has 1 aromatic heterocycles. The van der Waals surface area contributed by atoms with E-state index in [-0.39, 0.29) is 6.10 Å². The SMILES string of the molecule is Cc1cc(C)c(C2CNc3ncccc3O2)c(C)c1. The first kappa shape index (κ1) is 12.0. The quantitative estimate of drug-likeness (QED) is 0.845. The van der Waals surface area contributed by atoms with E-state index in [1.54, 1.807) is 6.20 Å². The summed E-state index contributed by atoms with van der Waals surface area (Å²) in [5, 5.41) is 3.34. The zero-order valence-corrected chi connectivity index (χ0v) is 11.5. The van der Waals surface area contributed by atoms with Gasteiger partial charge in [0.15, 0.2) is 11.6 Å². The van der Waals surface area contributed by atoms with Crippen molar-refractivity contribution in [3.8, 4) is 5.75 Å². The number of hydrogen-bond acceptors (Lipinski definition) is 3. The van der Waals surface area contributed by atoms with Crippen molar-refractivity contribution < 1.29 is 4.74 Å². The van der Waals surface area contributed by atoms with Gasteiger partial charge in [0.05, 0.1) is 6.54 Å². The lowest BCUT2D eigenvalue weighted by Crippen LogP contribution is -2.25. The smallest absolute Gasteiger partial charge is 0.168 e. The molecule has 1 aromatic carbocycles. The number of aromatic nitrogens is 1. The highest BCUT2D eigenvalue weighted by Crippen LogP contribution is 2.34. The van der Waals surface area contributed by atoms with Gasteiger partial charge in [0.2, 0.25) is 0 Å². The van der Waals surface area contributed by atoms with E-state index in [9.17, 15) is 0 Å². The van der Waals surface area contributed by atoms with Gasteiger partial charge in [0.25, 0.3) is 0 Å². The van der Waals surface area contributed by atoms with Crippen LogP contribution >= 0.6 is 0 Å². The first-order chi connectivity index (χ1) is 9.15. The van der Waals surface area contributed by atoms with Gasteiger partial charge in [-0.3, -0.25) is 0 Å². The van der Waals surface area contributed by atoms with E-state index in [1.807, 2.05) is 12.1 Å². The third-order valence-corrected chi connectivity index (χ3v) is 3.55. The number of anilines is 1. The Morgan fingerprint density at radius 1 is 1.21 bits per heavy atom. The zero-order valence-electron chi connectivity index (χ0n) is 11.5. The lowest BCUT2D eigenvalue weighted by Gasteiger charge is -2.29. The first-order valence-corrected chi connectivity index (χ1v) is 6.58. The summed E-state index contributed by atoms with van der Waals surface area (Å²) >= 11 is 0. The Kier molecular flexibility index (Phi) is 2.90. The van der Waals surface area contributed by atoms with E-state index in [2.05, 4.69) is 43.2 Å². The Hall–Kier alpha value is -2.03. The summed E-state index contributed by atoms with van der Waals surface area (Å²) in [6, 6.07) is 8.28. The van der Waals surface area contributed by atoms with Crippen molar-refractivity contribution in [2.75, 3.05) is 11.9 Å². The van der Waals surface area contributed by atoms with Crippen LogP contribution in [0.1, 0.15) is 28.4 Å². The molecule has 98 valence electrons. The average Bonchev–Trinajstić information content (AvgIpc) is 2.37. The summed E-state index contributed by atoms with van der Waals surface area (Å²) in [6.07, 6.45) is 1.83. The topological polar surface area (TPSA) is 34.2 Å². The van der Waals surface area contributed by atoms with Gasteiger partial charge in [-0.25, -0.2) is 4.98 Å². The fourth-order valence-corrected chi connectivity index (χ4v) is 2.86. The number of ether oxygens (including phenoxy) is 1. The van der Waals surface area contributed by atoms with Gasteiger partial charge in [-0.1, -0.05) is 17.7 Å². The summed E-state index contributed by atoms with van der Waals surface area (Å²) < 4.78 is 6.09. The minimum atomic E-state index is 0.0531. The van der Waals surface area contributed by atoms with Crippen LogP contribution < -0.4 is 10.1 Å². The predicted octanol–water partition coefficient (Wildman–Crippen LogP) is 3.55. The largest absolute Gasteiger partial charge is 0.480 e. The van der Waals surface area contributed by atoms with Crippen LogP contribution in [-0.4, -0.2) is 11.5 Å². The number of nitrogens with one attached hydrogen (secondary N) is 1. The number of pyridine rings is 1. The molecule has 1 aliphatic heterocycles. The van der Waals surface area contributed by atoms with Crippen molar-refractivity contribution in [3.63, 3.8) is 0 Å². The molecule has 0 radical (unpaired) electrons. The van der Waals surface area contributed by atoms with Crippen LogP contribution in [0.5, 0.6) is 5.75 Å². The molecule has 0 saturated heterocycles. The molecule has 3 heteroatoms. The van der Waals surface area contributed by atoms with E-state index in [0.717, 1.165) is 18.1 Å². The molecular formula is C16H18N2O. The van der Waals surface area contributed by atoms with Crippen molar-refractivity contribution in [1.29, 1.82) is 0 Å². The van der Waals surface area contributed by atoms with Crippen molar-refractivity contribution in [2.24, 2.45) is 0 Å². The molecule has 0 saturated carbocycles. The number of benzene rings is 1. The maximum atomic E-state index is 6.09. The Bertz CT molecular complexity index is 599. The molecule has 0 bridgehead atoms. The lowest BCUT2D eigenvalue weighted by atomic mass is 9.95. The van der Waals surface area contributed by atoms with Gasteiger partial charge in [-0.2, -0.15) is 0 Å². The van der Waals surface area contributed by atoms with E-state index < -0.39 is 0 Å². The molecule has 1 N–H and O–H groups in total. The Balaban J connectivity index is 1.98. The van der Waals surface area contributed by atoms with Gasteiger partial charge >= 0.3 is 0 Å². The summed E-state index contributed by atoms with van der Waals surface area (Å²) in [6.45, 7) is 7.19. The normalized spacial score (nSPS) is 17.3. The molecule has 2 heterocycles. The monoisotopic (exact) mass is 254 g/mol. The molecule has 0 amide bonds. The molecule has 1 unspecified atom stereocenters. The highest BCUT2D eigenvalue weighted by Gasteiger charge is 2.24. The van der Waals surface area contributed by atoms with Crippen LogP contribution in [-0.2, 0) is 0 Å². The van der Waals surface area contributed by atoms with Crippen molar-refractivity contribution in [3.05, 3.63) is 52.7 Å². The average molecular weight is 254 g/mol. The van der Waals surface area contributed by atoms with Gasteiger partial charge in [-0.05, 0) is 49.6 Å². The van der Waals surface area contributed by atoms with Crippen molar-refractivity contribution in [1.82, 2.24) is 4.98 Å². The number of rotatable bonds is 1. The predicted molar refractivity (Wildman–Crippen MR) is 76.7 cm³/mol. The van der Waals surface area contributed by atoms with Crippen LogP contribution in [0, 0.1) is 20.8 Å². The van der Waals surface area contributed by atoms with E-state index in [1.165, 1.54) is 22.3 Å². The van der Waals surface area contributed by atoms with Gasteiger partial charge in [0.1, 0.15) is 6.10 Å². The number of hydrogen-bond donors (Lipinski definition) is 1. The second kappa shape index (κ2) is 4.57. The third-order valence-electron chi connectivity index (χ3n) is 3.55. The van der Waals surface area contributed by atoms with Crippen LogP contribution in [0.3, 0.4) is 0 Å². The second-order valence-electron chi connectivity index (χ2n) is 5.15. The van der Waals surface area contributed by atoms with Crippen molar-refractivity contribution in [2.45, 2.75) is 26.9 Å². The minimum absolute atomic E-state index is 0.0531. The molecule has 1 aliphatic rings. The first-order valence-electron chi connectivity index (χ1n) is 6.58. The Morgan fingerprint density at radius 2 is 1.95 bits per heavy atom. The summed E-state index contributed by atoms with van der Waals surface area (Å²) in [7, 11) is 0. The molecule has 3 rings (SSSR count). The van der Waals surface area contributed by atoms with Crippen LogP contribution in [0.2, 0.25) is 0 Å². The number of fused-ring (bicyclic) bond motifs is 1. The standard InChI is InChI=1S/C16H18N2O/c1-10-7-11(2)15(12(3)8-10)14-9-18-16-13(19-14)5-4-6-17-16/h4-8,14H,9H2,1-3H3,(H,17,18). The fraction of sp³-hybridized carbons (Fsp3) is 0.312. The summed E-state index contributed by atoms with van der Waals surface area (Å²) in [4.78, 5) is 4.27. The minimum Gasteiger partial charge on any atom is -0.480 e. The van der Waals surface area contributed by atoms with Crippen LogP contribution in [0.15, 0.2) is 30.5 Å². The van der Waals surface area contributed by atoms with Gasteiger partial charge in [0, 0.05) is 6.20 Å². The van der Waals surface area contributed by atoms with Crippen molar-refractivity contribution >= 4 is 5.82 Å². The highest BCUT2D eigenvalue weighted by molar-refractivity contribution is 5.53. The maximum Gasteiger partial charge on any atom is 0.168 e. The van der Waals surface area contributed by atoms with Crippen LogP contribution in [0.25, 0.3) is 0 Å². The van der Waals surface area contributed by atoms with Gasteiger partial charge < -0.3 is 10.1 Å². The molecule has 0 aliphatic carbocycles. The Labute approximate surface area is 113 Å². The van der Waals surface area contributed by atoms with Gasteiger partial charge in [-0.15, -0.1) is 0 Å². The molecule has 0 spiro atoms. The molecule has 1 atom stereocenters. The summed E-state index contributed by atoms with van der Waals surface area (Å²) in [5.41, 5.74) is 5.16. The number of aryl methyl sites for hydroxylation is 3. The molecule has 19 heavy (non-hydrogen) atoms. The van der Waals surface area contributed by atoms with E-state index in [0.29, 0.717) is 0 Å². The molecule has 3 nitrogen and oxygen atoms in total. The van der Waals surface area contributed by atoms with E-state index in [4.69, 9.17) is 4.74 Å². The molecule has 2 aromatic rings. The second-order valence-corrected chi connectivity index (χ2v) is 5.15. The zero-order chi connectivity index (χ0) is 13.4. The van der Waals surface area contributed by atoms with Crippen LogP contribution in [0.4, 0.5) is 5.82 Å². The highest BCUT2D eigenvalue weighted by atomic mass is 16.5. The Morgan fingerprint density at radius 3 is 2.68 bits per heavy atom. The molecule has 0 fully saturated rings. The fourth-order valence-electron chi connectivity index (χ4n) is 2.86. The summed E-state index contributed by atoms with van der Waals surface area (Å²) in [5.74, 6) is 1.67. The molecular weight excluding hydrogens is 236 g/mol. The lowest BCUT2D eigenvalue weighted by molar-refractivity contribution is 0.207. The van der Waals surface area contributed by atoms with E-state index >= 15 is 0 Å². The maximum absolute atomic E-state index is 6.09. The third kappa shape index (κ3) is 2.16. The number of nitrogens with zero attached hydrogens (tertiary/aromatic N) is 1.